The third-order valence-corrected chi connectivity index (χ3v) is 4.77. The van der Waals surface area contributed by atoms with Crippen LogP contribution in [0.3, 0.4) is 0 Å². The first-order chi connectivity index (χ1) is 13.3. The number of hydrogen-bond donors (Lipinski definition) is 3. The van der Waals surface area contributed by atoms with Gasteiger partial charge in [0.25, 0.3) is 11.8 Å². The number of carbonyl (C=O) groups is 2. The van der Waals surface area contributed by atoms with Crippen LogP contribution in [0.4, 0.5) is 11.4 Å². The first-order valence-corrected chi connectivity index (χ1v) is 9.47. The number of benzene rings is 2. The predicted molar refractivity (Wildman–Crippen MR) is 112 cm³/mol. The van der Waals surface area contributed by atoms with Gasteiger partial charge in [-0.05, 0) is 42.7 Å². The Morgan fingerprint density at radius 2 is 1.68 bits per heavy atom. The zero-order chi connectivity index (χ0) is 20.7. The molecule has 2 atom stereocenters. The minimum Gasteiger partial charge on any atom is -0.497 e. The molecule has 0 bridgehead atoms. The summed E-state index contributed by atoms with van der Waals surface area (Å²) < 4.78 is 5.15. The lowest BCUT2D eigenvalue weighted by molar-refractivity contribution is -0.885. The van der Waals surface area contributed by atoms with Crippen molar-refractivity contribution in [2.45, 2.75) is 32.7 Å². The van der Waals surface area contributed by atoms with E-state index in [-0.39, 0.29) is 24.4 Å². The van der Waals surface area contributed by atoms with Gasteiger partial charge in [0.15, 0.2) is 12.6 Å². The Kier molecular flexibility index (Phi) is 7.58. The third-order valence-electron chi connectivity index (χ3n) is 4.77. The van der Waals surface area contributed by atoms with E-state index in [0.717, 1.165) is 10.6 Å². The summed E-state index contributed by atoms with van der Waals surface area (Å²) >= 11 is 0. The van der Waals surface area contributed by atoms with E-state index >= 15 is 0 Å². The first kappa shape index (κ1) is 21.4. The van der Waals surface area contributed by atoms with Crippen LogP contribution in [0.25, 0.3) is 0 Å². The molecule has 6 heteroatoms. The second-order valence-corrected chi connectivity index (χ2v) is 7.29. The van der Waals surface area contributed by atoms with Crippen LogP contribution in [0.5, 0.6) is 5.75 Å². The summed E-state index contributed by atoms with van der Waals surface area (Å²) in [7, 11) is 3.41. The minimum absolute atomic E-state index is 0.121. The van der Waals surface area contributed by atoms with E-state index < -0.39 is 0 Å². The fourth-order valence-electron chi connectivity index (χ4n) is 2.74. The van der Waals surface area contributed by atoms with Crippen LogP contribution in [0, 0.1) is 0 Å². The zero-order valence-electron chi connectivity index (χ0n) is 17.2. The van der Waals surface area contributed by atoms with Crippen molar-refractivity contribution in [2.24, 2.45) is 0 Å². The molecule has 0 heterocycles. The zero-order valence-corrected chi connectivity index (χ0v) is 17.2. The van der Waals surface area contributed by atoms with Crippen molar-refractivity contribution in [3.8, 4) is 5.75 Å². The van der Waals surface area contributed by atoms with Crippen LogP contribution < -0.4 is 20.3 Å². The summed E-state index contributed by atoms with van der Waals surface area (Å²) in [6.45, 7) is 6.25. The van der Waals surface area contributed by atoms with Crippen LogP contribution in [0.1, 0.15) is 32.3 Å². The van der Waals surface area contributed by atoms with E-state index in [4.69, 9.17) is 4.74 Å². The third kappa shape index (κ3) is 6.09. The van der Waals surface area contributed by atoms with Crippen LogP contribution in [0.2, 0.25) is 0 Å². The van der Waals surface area contributed by atoms with Crippen molar-refractivity contribution >= 4 is 23.2 Å². The summed E-state index contributed by atoms with van der Waals surface area (Å²) in [4.78, 5) is 25.6. The van der Waals surface area contributed by atoms with E-state index in [2.05, 4.69) is 24.5 Å². The number of carbonyl (C=O) groups excluding carboxylic acids is 2. The number of nitrogens with one attached hydrogen (secondary N) is 3. The van der Waals surface area contributed by atoms with Crippen molar-refractivity contribution < 1.29 is 19.2 Å². The molecule has 150 valence electrons. The lowest BCUT2D eigenvalue weighted by Crippen LogP contribution is -3.14. The SMILES string of the molecule is COc1cccc(NC(=O)C[NH+](C)[C@@H](C)C(=O)Nc2ccc(C(C)C)cc2)c1. The van der Waals surface area contributed by atoms with E-state index in [1.807, 2.05) is 50.4 Å². The fourth-order valence-corrected chi connectivity index (χ4v) is 2.74. The molecule has 6 nitrogen and oxygen atoms in total. The van der Waals surface area contributed by atoms with Crippen molar-refractivity contribution in [1.82, 2.24) is 0 Å². The smallest absolute Gasteiger partial charge is 0.282 e. The second-order valence-electron chi connectivity index (χ2n) is 7.29. The molecular formula is C22H30N3O3+. The molecule has 28 heavy (non-hydrogen) atoms. The maximum absolute atomic E-state index is 12.5. The van der Waals surface area contributed by atoms with E-state index in [0.29, 0.717) is 17.4 Å². The summed E-state index contributed by atoms with van der Waals surface area (Å²) in [6.07, 6.45) is 0. The lowest BCUT2D eigenvalue weighted by atomic mass is 10.0. The molecular weight excluding hydrogens is 354 g/mol. The van der Waals surface area contributed by atoms with Crippen LogP contribution in [-0.4, -0.2) is 38.6 Å². The molecule has 1 unspecified atom stereocenters. The Morgan fingerprint density at radius 1 is 1.00 bits per heavy atom. The minimum atomic E-state index is -0.374. The number of likely N-dealkylation sites (N-methyl/N-ethyl adjacent to an activating group) is 1. The molecule has 0 saturated heterocycles. The molecule has 2 aromatic rings. The van der Waals surface area contributed by atoms with Gasteiger partial charge in [-0.2, -0.15) is 0 Å². The summed E-state index contributed by atoms with van der Waals surface area (Å²) in [5.74, 6) is 0.841. The van der Waals surface area contributed by atoms with Gasteiger partial charge in [-0.15, -0.1) is 0 Å². The molecule has 0 aliphatic carbocycles. The van der Waals surface area contributed by atoms with Crippen molar-refractivity contribution in [3.63, 3.8) is 0 Å². The van der Waals surface area contributed by atoms with E-state index in [1.165, 1.54) is 5.56 Å². The molecule has 0 aromatic heterocycles. The van der Waals surface area contributed by atoms with Crippen LogP contribution in [-0.2, 0) is 9.59 Å². The van der Waals surface area contributed by atoms with Crippen molar-refractivity contribution in [1.29, 1.82) is 0 Å². The predicted octanol–water partition coefficient (Wildman–Crippen LogP) is 2.30. The molecule has 0 saturated carbocycles. The second kappa shape index (κ2) is 9.90. The number of quaternary nitrogens is 1. The highest BCUT2D eigenvalue weighted by Crippen LogP contribution is 2.17. The number of ether oxygens (including phenoxy) is 1. The van der Waals surface area contributed by atoms with Crippen molar-refractivity contribution in [3.05, 3.63) is 54.1 Å². The van der Waals surface area contributed by atoms with Gasteiger partial charge in [-0.25, -0.2) is 0 Å². The highest BCUT2D eigenvalue weighted by molar-refractivity contribution is 5.94. The Hall–Kier alpha value is -2.86. The number of hydrogen-bond acceptors (Lipinski definition) is 3. The number of rotatable bonds is 8. The molecule has 3 N–H and O–H groups in total. The summed E-state index contributed by atoms with van der Waals surface area (Å²) in [6, 6.07) is 14.7. The highest BCUT2D eigenvalue weighted by atomic mass is 16.5. The number of methoxy groups -OCH3 is 1. The van der Waals surface area contributed by atoms with Gasteiger partial charge >= 0.3 is 0 Å². The Bertz CT molecular complexity index is 803. The molecule has 0 radical (unpaired) electrons. The summed E-state index contributed by atoms with van der Waals surface area (Å²) in [5, 5.41) is 5.76. The van der Waals surface area contributed by atoms with Gasteiger partial charge in [0.05, 0.1) is 14.2 Å². The molecule has 2 rings (SSSR count). The van der Waals surface area contributed by atoms with Crippen LogP contribution >= 0.6 is 0 Å². The fraction of sp³-hybridized carbons (Fsp3) is 0.364. The Balaban J connectivity index is 1.88. The molecule has 2 aromatic carbocycles. The van der Waals surface area contributed by atoms with E-state index in [1.54, 1.807) is 19.2 Å². The van der Waals surface area contributed by atoms with Crippen LogP contribution in [0.15, 0.2) is 48.5 Å². The lowest BCUT2D eigenvalue weighted by Gasteiger charge is -2.21. The monoisotopic (exact) mass is 384 g/mol. The molecule has 2 amide bonds. The molecule has 0 aliphatic rings. The maximum atomic E-state index is 12.5. The average Bonchev–Trinajstić information content (AvgIpc) is 2.67. The number of amides is 2. The van der Waals surface area contributed by atoms with Gasteiger partial charge in [0.1, 0.15) is 5.75 Å². The first-order valence-electron chi connectivity index (χ1n) is 9.47. The van der Waals surface area contributed by atoms with Gasteiger partial charge in [0.2, 0.25) is 0 Å². The van der Waals surface area contributed by atoms with Crippen molar-refractivity contribution in [2.75, 3.05) is 31.3 Å². The number of anilines is 2. The molecule has 0 aliphatic heterocycles. The normalized spacial score (nSPS) is 12.9. The van der Waals surface area contributed by atoms with Gasteiger partial charge in [0, 0.05) is 17.4 Å². The topological polar surface area (TPSA) is 71.9 Å². The largest absolute Gasteiger partial charge is 0.497 e. The van der Waals surface area contributed by atoms with Gasteiger partial charge in [-0.1, -0.05) is 32.0 Å². The maximum Gasteiger partial charge on any atom is 0.282 e. The quantitative estimate of drug-likeness (QED) is 0.654. The summed E-state index contributed by atoms with van der Waals surface area (Å²) in [5.41, 5.74) is 2.65. The Morgan fingerprint density at radius 3 is 2.29 bits per heavy atom. The highest BCUT2D eigenvalue weighted by Gasteiger charge is 2.24. The molecule has 0 spiro atoms. The standard InChI is InChI=1S/C22H29N3O3/c1-15(2)17-9-11-18(12-10-17)24-22(27)16(3)25(4)14-21(26)23-19-7-6-8-20(13-19)28-5/h6-13,15-16H,14H2,1-5H3,(H,23,26)(H,24,27)/p+1/t16-/m0/s1. The van der Waals surface area contributed by atoms with Gasteiger partial charge in [-0.3, -0.25) is 9.59 Å². The van der Waals surface area contributed by atoms with E-state index in [9.17, 15) is 9.59 Å². The Labute approximate surface area is 166 Å². The van der Waals surface area contributed by atoms with Gasteiger partial charge < -0.3 is 20.3 Å². The molecule has 0 fully saturated rings. The average molecular weight is 385 g/mol.